The van der Waals surface area contributed by atoms with E-state index in [2.05, 4.69) is 174 Å². The minimum absolute atomic E-state index is 0.0710. The van der Waals surface area contributed by atoms with Gasteiger partial charge in [0.2, 0.25) is 0 Å². The Hall–Kier alpha value is -5.08. The second-order valence-corrected chi connectivity index (χ2v) is 15.0. The number of anilines is 3. The summed E-state index contributed by atoms with van der Waals surface area (Å²) in [5, 5.41) is 2.44. The Labute approximate surface area is 277 Å². The molecule has 2 aliphatic rings. The molecule has 0 unspecified atom stereocenters. The third-order valence-electron chi connectivity index (χ3n) is 11.8. The normalized spacial score (nSPS) is 16.4. The quantitative estimate of drug-likeness (QED) is 0.198. The molecule has 2 aliphatic carbocycles. The van der Waals surface area contributed by atoms with Crippen LogP contribution in [-0.2, 0) is 16.2 Å². The van der Waals surface area contributed by atoms with E-state index in [1.165, 1.54) is 66.7 Å². The summed E-state index contributed by atoms with van der Waals surface area (Å²) >= 11 is 0. The Kier molecular flexibility index (Phi) is 5.68. The van der Waals surface area contributed by atoms with Crippen molar-refractivity contribution in [3.63, 3.8) is 0 Å². The van der Waals surface area contributed by atoms with Gasteiger partial charge in [0.1, 0.15) is 11.2 Å². The number of rotatable bonds is 3. The molecule has 0 amide bonds. The Bertz CT molecular complexity index is 2390. The largest absolute Gasteiger partial charge is 0.456 e. The summed E-state index contributed by atoms with van der Waals surface area (Å²) in [5.74, 6) is 0. The molecule has 0 saturated heterocycles. The molecule has 2 heteroatoms. The van der Waals surface area contributed by atoms with Crippen molar-refractivity contribution in [3.05, 3.63) is 150 Å². The van der Waals surface area contributed by atoms with Crippen molar-refractivity contribution in [1.82, 2.24) is 0 Å². The van der Waals surface area contributed by atoms with Gasteiger partial charge < -0.3 is 9.32 Å². The Morgan fingerprint density at radius 1 is 0.447 bits per heavy atom. The molecule has 7 aromatic rings. The van der Waals surface area contributed by atoms with Crippen LogP contribution < -0.4 is 4.90 Å². The summed E-state index contributed by atoms with van der Waals surface area (Å²) in [4.78, 5) is 2.44. The van der Waals surface area contributed by atoms with Crippen molar-refractivity contribution in [3.8, 4) is 22.3 Å². The van der Waals surface area contributed by atoms with E-state index < -0.39 is 0 Å². The van der Waals surface area contributed by atoms with Gasteiger partial charge in [0, 0.05) is 38.7 Å². The molecular formula is C45H39NO. The van der Waals surface area contributed by atoms with Crippen LogP contribution in [0.25, 0.3) is 44.2 Å². The van der Waals surface area contributed by atoms with Crippen LogP contribution in [0.2, 0.25) is 0 Å². The van der Waals surface area contributed by atoms with Gasteiger partial charge >= 0.3 is 0 Å². The molecule has 0 N–H and O–H groups in total. The fraction of sp³-hybridized carbons (Fsp3) is 0.200. The van der Waals surface area contributed by atoms with Gasteiger partial charge in [-0.2, -0.15) is 0 Å². The number of hydrogen-bond acceptors (Lipinski definition) is 2. The summed E-state index contributed by atoms with van der Waals surface area (Å²) in [5.41, 5.74) is 15.8. The first-order chi connectivity index (χ1) is 22.6. The summed E-state index contributed by atoms with van der Waals surface area (Å²) < 4.78 is 6.38. The van der Waals surface area contributed by atoms with Gasteiger partial charge in [-0.1, -0.05) is 120 Å². The van der Waals surface area contributed by atoms with Crippen molar-refractivity contribution >= 4 is 39.0 Å². The molecular weight excluding hydrogens is 571 g/mol. The molecule has 2 nitrogen and oxygen atoms in total. The average molecular weight is 610 g/mol. The van der Waals surface area contributed by atoms with Gasteiger partial charge in [-0.05, 0) is 98.5 Å². The molecule has 1 heterocycles. The van der Waals surface area contributed by atoms with Crippen LogP contribution in [0.4, 0.5) is 17.1 Å². The first kappa shape index (κ1) is 28.2. The molecule has 9 rings (SSSR count). The van der Waals surface area contributed by atoms with E-state index in [4.69, 9.17) is 4.42 Å². The predicted octanol–water partition coefficient (Wildman–Crippen LogP) is 12.6. The molecule has 230 valence electrons. The number of nitrogens with zero attached hydrogens (tertiary/aromatic N) is 1. The summed E-state index contributed by atoms with van der Waals surface area (Å²) in [6, 6.07) is 46.8. The van der Waals surface area contributed by atoms with Gasteiger partial charge in [0.05, 0.1) is 0 Å². The van der Waals surface area contributed by atoms with Crippen molar-refractivity contribution in [2.45, 2.75) is 57.8 Å². The van der Waals surface area contributed by atoms with E-state index in [0.29, 0.717) is 0 Å². The van der Waals surface area contributed by atoms with Gasteiger partial charge in [-0.3, -0.25) is 0 Å². The minimum Gasteiger partial charge on any atom is -0.456 e. The topological polar surface area (TPSA) is 16.4 Å². The predicted molar refractivity (Wildman–Crippen MR) is 197 cm³/mol. The van der Waals surface area contributed by atoms with Gasteiger partial charge in [-0.25, -0.2) is 0 Å². The van der Waals surface area contributed by atoms with Crippen LogP contribution in [0.3, 0.4) is 0 Å². The molecule has 6 aromatic carbocycles. The fourth-order valence-corrected chi connectivity index (χ4v) is 8.62. The SMILES string of the molecule is CC1(C)c2ccccc2-c2ccc(N(c3ccccc3)c3ccc4c(c3)C(C)(C)C(C)(C)c3c-4ccc4oc5ccccc5c34)cc21. The Morgan fingerprint density at radius 3 is 1.81 bits per heavy atom. The lowest BCUT2D eigenvalue weighted by molar-refractivity contribution is 0.301. The van der Waals surface area contributed by atoms with Gasteiger partial charge in [-0.15, -0.1) is 0 Å². The number of hydrogen-bond donors (Lipinski definition) is 0. The van der Waals surface area contributed by atoms with Crippen LogP contribution >= 0.6 is 0 Å². The standard InChI is InChI=1S/C45H39NO/c1-43(2)36-18-12-10-16-31(36)32-22-20-29(26-37(32)43)46(28-14-8-7-9-15-28)30-21-23-33-34-24-25-40-41(35-17-11-13-19-39(35)47-40)42(34)45(5,6)44(3,4)38(33)27-30/h7-27H,1-6H3. The number of fused-ring (bicyclic) bond motifs is 10. The molecule has 0 bridgehead atoms. The first-order valence-corrected chi connectivity index (χ1v) is 16.8. The third-order valence-corrected chi connectivity index (χ3v) is 11.8. The van der Waals surface area contributed by atoms with E-state index in [0.717, 1.165) is 16.9 Å². The van der Waals surface area contributed by atoms with Crippen LogP contribution in [0, 0.1) is 0 Å². The van der Waals surface area contributed by atoms with Crippen molar-refractivity contribution < 1.29 is 4.42 Å². The second kappa shape index (κ2) is 9.48. The van der Waals surface area contributed by atoms with E-state index in [9.17, 15) is 0 Å². The van der Waals surface area contributed by atoms with Crippen LogP contribution in [0.15, 0.2) is 132 Å². The van der Waals surface area contributed by atoms with Gasteiger partial charge in [0.15, 0.2) is 0 Å². The van der Waals surface area contributed by atoms with Crippen molar-refractivity contribution in [2.24, 2.45) is 0 Å². The summed E-state index contributed by atoms with van der Waals surface area (Å²) in [6.07, 6.45) is 0. The highest BCUT2D eigenvalue weighted by Crippen LogP contribution is 2.58. The molecule has 0 radical (unpaired) electrons. The lowest BCUT2D eigenvalue weighted by Gasteiger charge is -2.49. The molecule has 0 atom stereocenters. The number of para-hydroxylation sites is 2. The lowest BCUT2D eigenvalue weighted by Crippen LogP contribution is -2.43. The summed E-state index contributed by atoms with van der Waals surface area (Å²) in [6.45, 7) is 14.4. The Morgan fingerprint density at radius 2 is 1.04 bits per heavy atom. The van der Waals surface area contributed by atoms with Crippen LogP contribution in [-0.4, -0.2) is 0 Å². The Balaban J connectivity index is 1.26. The van der Waals surface area contributed by atoms with Crippen molar-refractivity contribution in [1.29, 1.82) is 0 Å². The zero-order valence-electron chi connectivity index (χ0n) is 28.0. The van der Waals surface area contributed by atoms with Crippen LogP contribution in [0.1, 0.15) is 63.8 Å². The molecule has 0 saturated carbocycles. The maximum absolute atomic E-state index is 6.38. The minimum atomic E-state index is -0.166. The van der Waals surface area contributed by atoms with E-state index in [-0.39, 0.29) is 16.2 Å². The van der Waals surface area contributed by atoms with Crippen molar-refractivity contribution in [2.75, 3.05) is 4.90 Å². The number of furan rings is 1. The van der Waals surface area contributed by atoms with E-state index in [1.807, 2.05) is 0 Å². The third kappa shape index (κ3) is 3.73. The fourth-order valence-electron chi connectivity index (χ4n) is 8.62. The molecule has 0 spiro atoms. The molecule has 0 fully saturated rings. The highest BCUT2D eigenvalue weighted by Gasteiger charge is 2.47. The van der Waals surface area contributed by atoms with Crippen LogP contribution in [0.5, 0.6) is 0 Å². The van der Waals surface area contributed by atoms with E-state index >= 15 is 0 Å². The monoisotopic (exact) mass is 609 g/mol. The number of benzene rings is 6. The zero-order valence-corrected chi connectivity index (χ0v) is 28.0. The average Bonchev–Trinajstić information content (AvgIpc) is 3.56. The first-order valence-electron chi connectivity index (χ1n) is 16.8. The molecule has 0 aliphatic heterocycles. The highest BCUT2D eigenvalue weighted by atomic mass is 16.3. The second-order valence-electron chi connectivity index (χ2n) is 15.0. The maximum Gasteiger partial charge on any atom is 0.135 e. The summed E-state index contributed by atoms with van der Waals surface area (Å²) in [7, 11) is 0. The maximum atomic E-state index is 6.38. The van der Waals surface area contributed by atoms with E-state index in [1.54, 1.807) is 0 Å². The smallest absolute Gasteiger partial charge is 0.135 e. The van der Waals surface area contributed by atoms with Gasteiger partial charge in [0.25, 0.3) is 0 Å². The molecule has 1 aromatic heterocycles. The lowest BCUT2D eigenvalue weighted by atomic mass is 9.55. The highest BCUT2D eigenvalue weighted by molar-refractivity contribution is 6.10. The zero-order chi connectivity index (χ0) is 32.3. The molecule has 47 heavy (non-hydrogen) atoms.